The molecular formula is C15H21NO2. The van der Waals surface area contributed by atoms with Gasteiger partial charge in [0.25, 0.3) is 0 Å². The molecule has 0 unspecified atom stereocenters. The highest BCUT2D eigenvalue weighted by molar-refractivity contribution is 5.77. The summed E-state index contributed by atoms with van der Waals surface area (Å²) in [5.74, 6) is 0.955. The average molecular weight is 247 g/mol. The van der Waals surface area contributed by atoms with Crippen molar-refractivity contribution in [3.8, 4) is 0 Å². The number of furan rings is 1. The molecule has 2 aromatic rings. The third-order valence-corrected chi connectivity index (χ3v) is 3.17. The van der Waals surface area contributed by atoms with Crippen molar-refractivity contribution in [1.82, 2.24) is 5.32 Å². The SMILES string of the molecule is CC(C)(CCO)CNCc1cc2ccccc2o1. The summed E-state index contributed by atoms with van der Waals surface area (Å²) in [6, 6.07) is 10.1. The average Bonchev–Trinajstić information content (AvgIpc) is 2.71. The van der Waals surface area contributed by atoms with E-state index in [4.69, 9.17) is 9.52 Å². The van der Waals surface area contributed by atoms with E-state index in [9.17, 15) is 0 Å². The van der Waals surface area contributed by atoms with Crippen LogP contribution in [0.3, 0.4) is 0 Å². The maximum atomic E-state index is 8.97. The van der Waals surface area contributed by atoms with Gasteiger partial charge in [0.2, 0.25) is 0 Å². The van der Waals surface area contributed by atoms with Gasteiger partial charge in [0, 0.05) is 18.5 Å². The number of fused-ring (bicyclic) bond motifs is 1. The topological polar surface area (TPSA) is 45.4 Å². The molecule has 3 heteroatoms. The van der Waals surface area contributed by atoms with Crippen molar-refractivity contribution < 1.29 is 9.52 Å². The molecule has 3 nitrogen and oxygen atoms in total. The Labute approximate surface area is 108 Å². The lowest BCUT2D eigenvalue weighted by molar-refractivity contribution is 0.206. The molecule has 0 fully saturated rings. The molecule has 2 N–H and O–H groups in total. The summed E-state index contributed by atoms with van der Waals surface area (Å²) in [6.07, 6.45) is 0.806. The van der Waals surface area contributed by atoms with Crippen molar-refractivity contribution in [2.24, 2.45) is 5.41 Å². The van der Waals surface area contributed by atoms with Crippen LogP contribution in [0, 0.1) is 5.41 Å². The van der Waals surface area contributed by atoms with E-state index in [0.717, 1.165) is 36.2 Å². The van der Waals surface area contributed by atoms with Crippen LogP contribution < -0.4 is 5.32 Å². The van der Waals surface area contributed by atoms with Gasteiger partial charge in [-0.3, -0.25) is 0 Å². The van der Waals surface area contributed by atoms with Crippen molar-refractivity contribution in [2.75, 3.05) is 13.2 Å². The Bertz CT molecular complexity index is 469. The van der Waals surface area contributed by atoms with Crippen molar-refractivity contribution in [1.29, 1.82) is 0 Å². The van der Waals surface area contributed by atoms with Crippen LogP contribution in [0.5, 0.6) is 0 Å². The lowest BCUT2D eigenvalue weighted by Crippen LogP contribution is -2.29. The Kier molecular flexibility index (Phi) is 4.04. The van der Waals surface area contributed by atoms with Crippen LogP contribution in [0.15, 0.2) is 34.7 Å². The fraction of sp³-hybridized carbons (Fsp3) is 0.467. The van der Waals surface area contributed by atoms with Crippen LogP contribution >= 0.6 is 0 Å². The summed E-state index contributed by atoms with van der Waals surface area (Å²) >= 11 is 0. The summed E-state index contributed by atoms with van der Waals surface area (Å²) in [5, 5.41) is 13.5. The van der Waals surface area contributed by atoms with E-state index in [1.807, 2.05) is 18.2 Å². The molecule has 0 saturated carbocycles. The highest BCUT2D eigenvalue weighted by Crippen LogP contribution is 2.20. The fourth-order valence-electron chi connectivity index (χ4n) is 2.04. The van der Waals surface area contributed by atoms with Gasteiger partial charge in [-0.15, -0.1) is 0 Å². The number of benzene rings is 1. The van der Waals surface area contributed by atoms with E-state index < -0.39 is 0 Å². The molecule has 1 aromatic carbocycles. The molecule has 0 amide bonds. The number of hydrogen-bond acceptors (Lipinski definition) is 3. The lowest BCUT2D eigenvalue weighted by Gasteiger charge is -2.23. The van der Waals surface area contributed by atoms with Crippen LogP contribution in [-0.2, 0) is 6.54 Å². The second kappa shape index (κ2) is 5.55. The normalized spacial score (nSPS) is 12.2. The Morgan fingerprint density at radius 3 is 2.78 bits per heavy atom. The highest BCUT2D eigenvalue weighted by atomic mass is 16.3. The van der Waals surface area contributed by atoms with Crippen molar-refractivity contribution in [3.05, 3.63) is 36.1 Å². The number of rotatable bonds is 6. The number of hydrogen-bond donors (Lipinski definition) is 2. The van der Waals surface area contributed by atoms with E-state index >= 15 is 0 Å². The number of para-hydroxylation sites is 1. The van der Waals surface area contributed by atoms with Gasteiger partial charge in [-0.25, -0.2) is 0 Å². The maximum absolute atomic E-state index is 8.97. The van der Waals surface area contributed by atoms with Crippen molar-refractivity contribution >= 4 is 11.0 Å². The molecule has 0 saturated heterocycles. The monoisotopic (exact) mass is 247 g/mol. The molecule has 0 radical (unpaired) electrons. The first kappa shape index (κ1) is 13.1. The Morgan fingerprint density at radius 2 is 2.06 bits per heavy atom. The van der Waals surface area contributed by atoms with Gasteiger partial charge in [-0.2, -0.15) is 0 Å². The molecule has 0 aliphatic rings. The van der Waals surface area contributed by atoms with Crippen LogP contribution in [0.2, 0.25) is 0 Å². The number of aliphatic hydroxyl groups excluding tert-OH is 1. The molecule has 0 atom stereocenters. The smallest absolute Gasteiger partial charge is 0.134 e. The molecule has 18 heavy (non-hydrogen) atoms. The van der Waals surface area contributed by atoms with Crippen LogP contribution in [-0.4, -0.2) is 18.3 Å². The predicted octanol–water partition coefficient (Wildman–Crippen LogP) is 2.93. The Morgan fingerprint density at radius 1 is 1.28 bits per heavy atom. The van der Waals surface area contributed by atoms with Crippen molar-refractivity contribution in [2.45, 2.75) is 26.8 Å². The van der Waals surface area contributed by atoms with E-state index in [2.05, 4.69) is 31.3 Å². The van der Waals surface area contributed by atoms with Crippen molar-refractivity contribution in [3.63, 3.8) is 0 Å². The van der Waals surface area contributed by atoms with Gasteiger partial charge in [0.15, 0.2) is 0 Å². The second-order valence-electron chi connectivity index (χ2n) is 5.49. The largest absolute Gasteiger partial charge is 0.460 e. The van der Waals surface area contributed by atoms with E-state index in [-0.39, 0.29) is 12.0 Å². The first-order chi connectivity index (χ1) is 8.61. The molecule has 0 aliphatic carbocycles. The Balaban J connectivity index is 1.90. The Hall–Kier alpha value is -1.32. The van der Waals surface area contributed by atoms with E-state index in [1.165, 1.54) is 0 Å². The zero-order valence-corrected chi connectivity index (χ0v) is 11.1. The van der Waals surface area contributed by atoms with E-state index in [0.29, 0.717) is 0 Å². The lowest BCUT2D eigenvalue weighted by atomic mass is 9.90. The summed E-state index contributed by atoms with van der Waals surface area (Å²) in [5.41, 5.74) is 1.05. The second-order valence-corrected chi connectivity index (χ2v) is 5.49. The minimum absolute atomic E-state index is 0.112. The summed E-state index contributed by atoms with van der Waals surface area (Å²) in [6.45, 7) is 6.12. The van der Waals surface area contributed by atoms with Gasteiger partial charge in [-0.1, -0.05) is 32.0 Å². The van der Waals surface area contributed by atoms with Gasteiger partial charge in [-0.05, 0) is 24.0 Å². The highest BCUT2D eigenvalue weighted by Gasteiger charge is 2.16. The minimum atomic E-state index is 0.112. The standard InChI is InChI=1S/C15H21NO2/c1-15(2,7-8-17)11-16-10-13-9-12-5-3-4-6-14(12)18-13/h3-6,9,16-17H,7-8,10-11H2,1-2H3. The third-order valence-electron chi connectivity index (χ3n) is 3.17. The quantitative estimate of drug-likeness (QED) is 0.825. The molecule has 2 rings (SSSR count). The molecule has 1 aromatic heterocycles. The fourth-order valence-corrected chi connectivity index (χ4v) is 2.04. The summed E-state index contributed by atoms with van der Waals surface area (Å²) < 4.78 is 5.73. The van der Waals surface area contributed by atoms with Gasteiger partial charge >= 0.3 is 0 Å². The first-order valence-electron chi connectivity index (χ1n) is 6.40. The molecule has 0 aliphatic heterocycles. The maximum Gasteiger partial charge on any atom is 0.134 e. The summed E-state index contributed by atoms with van der Waals surface area (Å²) in [4.78, 5) is 0. The summed E-state index contributed by atoms with van der Waals surface area (Å²) in [7, 11) is 0. The third kappa shape index (κ3) is 3.34. The van der Waals surface area contributed by atoms with Gasteiger partial charge in [0.05, 0.1) is 6.54 Å². The van der Waals surface area contributed by atoms with E-state index in [1.54, 1.807) is 0 Å². The first-order valence-corrected chi connectivity index (χ1v) is 6.40. The molecule has 0 bridgehead atoms. The minimum Gasteiger partial charge on any atom is -0.460 e. The molecular weight excluding hydrogens is 226 g/mol. The van der Waals surface area contributed by atoms with Gasteiger partial charge < -0.3 is 14.8 Å². The van der Waals surface area contributed by atoms with Crippen LogP contribution in [0.1, 0.15) is 26.0 Å². The predicted molar refractivity (Wildman–Crippen MR) is 73.4 cm³/mol. The van der Waals surface area contributed by atoms with Crippen LogP contribution in [0.25, 0.3) is 11.0 Å². The zero-order chi connectivity index (χ0) is 13.0. The number of aliphatic hydroxyl groups is 1. The zero-order valence-electron chi connectivity index (χ0n) is 11.1. The van der Waals surface area contributed by atoms with Crippen LogP contribution in [0.4, 0.5) is 0 Å². The molecule has 1 heterocycles. The molecule has 98 valence electrons. The van der Waals surface area contributed by atoms with Gasteiger partial charge in [0.1, 0.15) is 11.3 Å². The molecule has 0 spiro atoms. The number of nitrogens with one attached hydrogen (secondary N) is 1.